The topological polar surface area (TPSA) is 46.6 Å². The van der Waals surface area contributed by atoms with Gasteiger partial charge in [-0.05, 0) is 60.1 Å². The van der Waals surface area contributed by atoms with Crippen LogP contribution in [0.2, 0.25) is 0 Å². The number of hydrogen-bond acceptors (Lipinski definition) is 4. The van der Waals surface area contributed by atoms with Gasteiger partial charge in [0.25, 0.3) is 0 Å². The maximum atomic E-state index is 12.8. The number of allylic oxidation sites excluding steroid dienone is 1. The molecule has 0 N–H and O–H groups in total. The van der Waals surface area contributed by atoms with Crippen LogP contribution in [0.25, 0.3) is 5.57 Å². The summed E-state index contributed by atoms with van der Waals surface area (Å²) in [6, 6.07) is 13.5. The first-order chi connectivity index (χ1) is 15.5. The van der Waals surface area contributed by atoms with E-state index in [9.17, 15) is 14.0 Å². The van der Waals surface area contributed by atoms with E-state index in [-0.39, 0.29) is 24.3 Å². The van der Waals surface area contributed by atoms with E-state index in [0.717, 1.165) is 58.1 Å². The quantitative estimate of drug-likeness (QED) is 0.376. The lowest BCUT2D eigenvalue weighted by molar-refractivity contribution is 0.0597. The molecule has 6 heteroatoms. The molecule has 0 aromatic heterocycles. The minimum Gasteiger partial charge on any atom is -0.465 e. The monoisotopic (exact) mass is 499 g/mol. The number of likely N-dealkylation sites (tertiary alicyclic amines) is 1. The number of nitrogens with zero attached hydrogens (tertiary/aromatic N) is 1. The largest absolute Gasteiger partial charge is 0.465 e. The first-order valence-electron chi connectivity index (χ1n) is 11.0. The van der Waals surface area contributed by atoms with Gasteiger partial charge in [0, 0.05) is 35.6 Å². The van der Waals surface area contributed by atoms with Gasteiger partial charge in [0.05, 0.1) is 19.3 Å². The van der Waals surface area contributed by atoms with Crippen molar-refractivity contribution >= 4 is 33.3 Å². The molecule has 1 heterocycles. The Balaban J connectivity index is 1.55. The number of rotatable bonds is 7. The van der Waals surface area contributed by atoms with Crippen LogP contribution in [0.5, 0.6) is 0 Å². The van der Waals surface area contributed by atoms with Crippen molar-refractivity contribution in [1.29, 1.82) is 0 Å². The first kappa shape index (κ1) is 22.9. The average molecular weight is 500 g/mol. The zero-order valence-electron chi connectivity index (χ0n) is 18.2. The molecule has 32 heavy (non-hydrogen) atoms. The predicted molar refractivity (Wildman–Crippen MR) is 127 cm³/mol. The number of ether oxygens (including phenoxy) is 1. The summed E-state index contributed by atoms with van der Waals surface area (Å²) >= 11 is 3.78. The summed E-state index contributed by atoms with van der Waals surface area (Å²) < 4.78 is 18.3. The molecule has 1 aliphatic carbocycles. The molecule has 4 rings (SSSR count). The van der Waals surface area contributed by atoms with Gasteiger partial charge in [0.2, 0.25) is 0 Å². The molecule has 0 radical (unpaired) electrons. The zero-order chi connectivity index (χ0) is 22.7. The second-order valence-corrected chi connectivity index (χ2v) is 9.39. The summed E-state index contributed by atoms with van der Waals surface area (Å²) in [6.07, 6.45) is 3.31. The molecule has 0 amide bonds. The van der Waals surface area contributed by atoms with Gasteiger partial charge < -0.3 is 9.64 Å². The summed E-state index contributed by atoms with van der Waals surface area (Å²) in [7, 11) is 1.39. The molecule has 1 aliphatic heterocycles. The zero-order valence-corrected chi connectivity index (χ0v) is 19.8. The molecule has 0 unspecified atom stereocenters. The van der Waals surface area contributed by atoms with Crippen LogP contribution in [-0.4, -0.2) is 50.1 Å². The highest BCUT2D eigenvalue weighted by Crippen LogP contribution is 2.38. The molecule has 1 saturated heterocycles. The average Bonchev–Trinajstić information content (AvgIpc) is 2.95. The highest BCUT2D eigenvalue weighted by molar-refractivity contribution is 9.11. The molecule has 2 aromatic carbocycles. The van der Waals surface area contributed by atoms with Crippen LogP contribution in [0.4, 0.5) is 4.39 Å². The van der Waals surface area contributed by atoms with Crippen LogP contribution < -0.4 is 0 Å². The van der Waals surface area contributed by atoms with Crippen molar-refractivity contribution < 1.29 is 18.7 Å². The Hall–Kier alpha value is -2.31. The molecule has 0 spiro atoms. The van der Waals surface area contributed by atoms with Crippen LogP contribution in [0.3, 0.4) is 0 Å². The fourth-order valence-electron chi connectivity index (χ4n) is 4.55. The van der Waals surface area contributed by atoms with E-state index >= 15 is 0 Å². The Kier molecular flexibility index (Phi) is 7.21. The van der Waals surface area contributed by atoms with Crippen LogP contribution >= 0.6 is 15.9 Å². The Labute approximate surface area is 196 Å². The smallest absolute Gasteiger partial charge is 0.337 e. The SMILES string of the molecule is COC(=O)c1ccc2c(c1)CCCC(Br)=C2c1ccc(C(=O)C2CN(CCCF)C2)cc1. The van der Waals surface area contributed by atoms with E-state index in [1.54, 1.807) is 6.07 Å². The lowest BCUT2D eigenvalue weighted by Crippen LogP contribution is -2.50. The van der Waals surface area contributed by atoms with Crippen molar-refractivity contribution in [2.24, 2.45) is 5.92 Å². The van der Waals surface area contributed by atoms with Gasteiger partial charge in [-0.15, -0.1) is 0 Å². The molecular weight excluding hydrogens is 473 g/mol. The van der Waals surface area contributed by atoms with Crippen molar-refractivity contribution in [1.82, 2.24) is 4.90 Å². The Morgan fingerprint density at radius 3 is 2.50 bits per heavy atom. The summed E-state index contributed by atoms with van der Waals surface area (Å²) in [5.41, 5.74) is 5.65. The minimum atomic E-state index is -0.330. The highest BCUT2D eigenvalue weighted by Gasteiger charge is 2.32. The van der Waals surface area contributed by atoms with E-state index in [4.69, 9.17) is 4.74 Å². The van der Waals surface area contributed by atoms with Crippen LogP contribution in [0.15, 0.2) is 46.9 Å². The van der Waals surface area contributed by atoms with E-state index < -0.39 is 0 Å². The molecule has 168 valence electrons. The molecule has 0 bridgehead atoms. The van der Waals surface area contributed by atoms with Crippen molar-refractivity contribution in [3.63, 3.8) is 0 Å². The van der Waals surface area contributed by atoms with Gasteiger partial charge in [-0.25, -0.2) is 4.79 Å². The number of aryl methyl sites for hydroxylation is 1. The van der Waals surface area contributed by atoms with E-state index in [1.807, 2.05) is 36.4 Å². The fourth-order valence-corrected chi connectivity index (χ4v) is 5.27. The molecule has 0 atom stereocenters. The van der Waals surface area contributed by atoms with Gasteiger partial charge in [-0.2, -0.15) is 0 Å². The number of Topliss-reactive ketones (excluding diaryl/α,β-unsaturated/α-hetero) is 1. The van der Waals surface area contributed by atoms with Gasteiger partial charge in [-0.3, -0.25) is 9.18 Å². The standard InChI is InChI=1S/C26H27BrFNO3/c1-32-26(31)20-10-11-22-19(14-20)4-2-5-23(27)24(22)17-6-8-18(9-7-17)25(30)21-15-29(16-21)13-3-12-28/h6-11,14,21H,2-5,12-13,15-16H2,1H3. The Morgan fingerprint density at radius 1 is 1.09 bits per heavy atom. The molecule has 0 saturated carbocycles. The van der Waals surface area contributed by atoms with Gasteiger partial charge in [0.15, 0.2) is 5.78 Å². The number of fused-ring (bicyclic) bond motifs is 1. The first-order valence-corrected chi connectivity index (χ1v) is 11.8. The number of benzene rings is 2. The summed E-state index contributed by atoms with van der Waals surface area (Å²) in [4.78, 5) is 26.9. The van der Waals surface area contributed by atoms with Crippen molar-refractivity contribution in [3.05, 3.63) is 74.8 Å². The highest BCUT2D eigenvalue weighted by atomic mass is 79.9. The van der Waals surface area contributed by atoms with Crippen molar-refractivity contribution in [2.45, 2.75) is 25.7 Å². The molecule has 2 aliphatic rings. The molecule has 4 nitrogen and oxygen atoms in total. The number of ketones is 1. The van der Waals surface area contributed by atoms with Gasteiger partial charge >= 0.3 is 5.97 Å². The second-order valence-electron chi connectivity index (χ2n) is 8.44. The molecule has 1 fully saturated rings. The van der Waals surface area contributed by atoms with Gasteiger partial charge in [0.1, 0.15) is 0 Å². The minimum absolute atomic E-state index is 0.00163. The number of alkyl halides is 1. The lowest BCUT2D eigenvalue weighted by atomic mass is 9.88. The number of methoxy groups -OCH3 is 1. The van der Waals surface area contributed by atoms with E-state index in [0.29, 0.717) is 25.1 Å². The number of carbonyl (C=O) groups is 2. The summed E-state index contributed by atoms with van der Waals surface area (Å²) in [5, 5.41) is 0. The van der Waals surface area contributed by atoms with Crippen LogP contribution in [0.1, 0.15) is 56.7 Å². The van der Waals surface area contributed by atoms with Crippen molar-refractivity contribution in [3.8, 4) is 0 Å². The molecule has 2 aromatic rings. The Bertz CT molecular complexity index is 1040. The van der Waals surface area contributed by atoms with Crippen LogP contribution in [-0.2, 0) is 11.2 Å². The maximum Gasteiger partial charge on any atom is 0.337 e. The summed E-state index contributed by atoms with van der Waals surface area (Å²) in [5.74, 6) is -0.171. The maximum absolute atomic E-state index is 12.8. The third-order valence-electron chi connectivity index (χ3n) is 6.30. The third kappa shape index (κ3) is 4.71. The van der Waals surface area contributed by atoms with Crippen molar-refractivity contribution in [2.75, 3.05) is 33.4 Å². The summed E-state index contributed by atoms with van der Waals surface area (Å²) in [6.45, 7) is 1.84. The number of carbonyl (C=O) groups excluding carboxylic acids is 2. The number of halogens is 2. The number of hydrogen-bond donors (Lipinski definition) is 0. The predicted octanol–water partition coefficient (Wildman–Crippen LogP) is 5.44. The fraction of sp³-hybridized carbons (Fsp3) is 0.385. The third-order valence-corrected chi connectivity index (χ3v) is 7.10. The second kappa shape index (κ2) is 10.1. The lowest BCUT2D eigenvalue weighted by Gasteiger charge is -2.38. The van der Waals surface area contributed by atoms with Crippen LogP contribution in [0, 0.1) is 5.92 Å². The normalized spacial score (nSPS) is 16.8. The number of esters is 1. The van der Waals surface area contributed by atoms with E-state index in [1.165, 1.54) is 7.11 Å². The van der Waals surface area contributed by atoms with E-state index in [2.05, 4.69) is 20.8 Å². The Morgan fingerprint density at radius 2 is 1.81 bits per heavy atom. The molecular formula is C26H27BrFNO3. The van der Waals surface area contributed by atoms with Gasteiger partial charge in [-0.1, -0.05) is 46.3 Å².